The van der Waals surface area contributed by atoms with Crippen molar-refractivity contribution >= 4 is 23.5 Å². The normalized spacial score (nSPS) is 14.4. The maximum absolute atomic E-state index is 13.0. The van der Waals surface area contributed by atoms with Crippen LogP contribution in [0.2, 0.25) is 0 Å². The van der Waals surface area contributed by atoms with E-state index in [1.54, 1.807) is 12.1 Å². The number of hydrogen-bond donors (Lipinski definition) is 1. The maximum Gasteiger partial charge on any atom is 0.416 e. The Labute approximate surface area is 140 Å². The molecule has 25 heavy (non-hydrogen) atoms. The van der Waals surface area contributed by atoms with Crippen LogP contribution in [0.3, 0.4) is 0 Å². The Morgan fingerprint density at radius 1 is 1.24 bits per heavy atom. The summed E-state index contributed by atoms with van der Waals surface area (Å²) >= 11 is 0. The van der Waals surface area contributed by atoms with Gasteiger partial charge in [0.05, 0.1) is 17.8 Å². The van der Waals surface area contributed by atoms with Crippen LogP contribution in [-0.2, 0) is 17.5 Å². The van der Waals surface area contributed by atoms with Crippen LogP contribution < -0.4 is 4.90 Å². The largest absolute Gasteiger partial charge is 0.480 e. The van der Waals surface area contributed by atoms with E-state index in [0.717, 1.165) is 21.9 Å². The molecular weight excluding hydrogens is 339 g/mol. The number of pyridine rings is 1. The van der Waals surface area contributed by atoms with Gasteiger partial charge in [0.25, 0.3) is 0 Å². The van der Waals surface area contributed by atoms with Crippen molar-refractivity contribution in [2.75, 3.05) is 11.4 Å². The molecule has 2 aromatic rings. The third kappa shape index (κ3) is 3.25. The number of rotatable bonds is 3. The Morgan fingerprint density at radius 2 is 2.00 bits per heavy atom. The SMILES string of the molecule is O=C(O)CN1Cc2cccnc2N(c2cccc(C(F)(F)F)c2)C1=O. The van der Waals surface area contributed by atoms with Crippen molar-refractivity contribution < 1.29 is 27.9 Å². The predicted molar refractivity (Wildman–Crippen MR) is 81.3 cm³/mol. The third-order valence-corrected chi connectivity index (χ3v) is 3.66. The van der Waals surface area contributed by atoms with E-state index >= 15 is 0 Å². The Kier molecular flexibility index (Phi) is 4.07. The van der Waals surface area contributed by atoms with Crippen LogP contribution in [0.15, 0.2) is 42.6 Å². The summed E-state index contributed by atoms with van der Waals surface area (Å²) in [6, 6.07) is 6.77. The Morgan fingerprint density at radius 3 is 2.68 bits per heavy atom. The van der Waals surface area contributed by atoms with Gasteiger partial charge in [-0.15, -0.1) is 0 Å². The summed E-state index contributed by atoms with van der Waals surface area (Å²) in [5.74, 6) is -1.03. The lowest BCUT2D eigenvalue weighted by atomic mass is 10.1. The molecule has 1 N–H and O–H groups in total. The highest BCUT2D eigenvalue weighted by atomic mass is 19.4. The number of fused-ring (bicyclic) bond motifs is 1. The lowest BCUT2D eigenvalue weighted by molar-refractivity contribution is -0.138. The quantitative estimate of drug-likeness (QED) is 0.921. The molecule has 1 aromatic heterocycles. The average molecular weight is 351 g/mol. The van der Waals surface area contributed by atoms with E-state index in [4.69, 9.17) is 5.11 Å². The minimum atomic E-state index is -4.57. The summed E-state index contributed by atoms with van der Waals surface area (Å²) in [6.07, 6.45) is -3.15. The molecule has 0 saturated carbocycles. The molecule has 1 aliphatic rings. The number of carboxylic acid groups (broad SMARTS) is 1. The van der Waals surface area contributed by atoms with Crippen molar-refractivity contribution in [2.45, 2.75) is 12.7 Å². The second kappa shape index (κ2) is 6.08. The first-order chi connectivity index (χ1) is 11.8. The predicted octanol–water partition coefficient (Wildman–Crippen LogP) is 3.26. The molecule has 1 aliphatic heterocycles. The van der Waals surface area contributed by atoms with Crippen molar-refractivity contribution in [3.8, 4) is 0 Å². The van der Waals surface area contributed by atoms with Crippen LogP contribution in [0.5, 0.6) is 0 Å². The molecule has 2 amide bonds. The zero-order chi connectivity index (χ0) is 18.2. The molecule has 2 heterocycles. The number of alkyl halides is 3. The molecule has 0 spiro atoms. The molecule has 0 atom stereocenters. The van der Waals surface area contributed by atoms with Gasteiger partial charge in [0.15, 0.2) is 0 Å². The van der Waals surface area contributed by atoms with Crippen molar-refractivity contribution in [3.63, 3.8) is 0 Å². The van der Waals surface area contributed by atoms with Crippen LogP contribution in [0.1, 0.15) is 11.1 Å². The number of carbonyl (C=O) groups is 2. The topological polar surface area (TPSA) is 73.7 Å². The minimum Gasteiger partial charge on any atom is -0.480 e. The standard InChI is InChI=1S/C16H12F3N3O3/c17-16(18,19)11-4-1-5-12(7-11)22-14-10(3-2-6-20-14)8-21(15(22)25)9-13(23)24/h1-7H,8-9H2,(H,23,24). The number of aliphatic carboxylic acids is 1. The van der Waals surface area contributed by atoms with Crippen LogP contribution in [0, 0.1) is 0 Å². The number of halogens is 3. The molecule has 0 saturated heterocycles. The van der Waals surface area contributed by atoms with Gasteiger partial charge in [-0.1, -0.05) is 12.1 Å². The first-order valence-corrected chi connectivity index (χ1v) is 7.19. The Bertz CT molecular complexity index is 839. The van der Waals surface area contributed by atoms with Gasteiger partial charge in [-0.05, 0) is 24.3 Å². The molecule has 0 radical (unpaired) electrons. The lowest BCUT2D eigenvalue weighted by Crippen LogP contribution is -2.47. The van der Waals surface area contributed by atoms with Crippen molar-refractivity contribution in [2.24, 2.45) is 0 Å². The van der Waals surface area contributed by atoms with Gasteiger partial charge in [-0.2, -0.15) is 13.2 Å². The fourth-order valence-electron chi connectivity index (χ4n) is 2.60. The molecule has 130 valence electrons. The summed E-state index contributed by atoms with van der Waals surface area (Å²) in [5.41, 5.74) is -0.402. The number of urea groups is 1. The summed E-state index contributed by atoms with van der Waals surface area (Å²) < 4.78 is 38.9. The van der Waals surface area contributed by atoms with Gasteiger partial charge in [0.1, 0.15) is 12.4 Å². The van der Waals surface area contributed by atoms with Crippen molar-refractivity contribution in [3.05, 3.63) is 53.7 Å². The average Bonchev–Trinajstić information content (AvgIpc) is 2.54. The Hall–Kier alpha value is -3.10. The zero-order valence-corrected chi connectivity index (χ0v) is 12.7. The van der Waals surface area contributed by atoms with Gasteiger partial charge in [-0.25, -0.2) is 14.7 Å². The first-order valence-electron chi connectivity index (χ1n) is 7.19. The molecular formula is C16H12F3N3O3. The number of nitrogens with zero attached hydrogens (tertiary/aromatic N) is 3. The monoisotopic (exact) mass is 351 g/mol. The number of carboxylic acids is 1. The maximum atomic E-state index is 13.0. The number of carbonyl (C=O) groups excluding carboxylic acids is 1. The fourth-order valence-corrected chi connectivity index (χ4v) is 2.60. The van der Waals surface area contributed by atoms with Crippen LogP contribution in [0.4, 0.5) is 29.5 Å². The van der Waals surface area contributed by atoms with E-state index in [-0.39, 0.29) is 18.1 Å². The number of amides is 2. The minimum absolute atomic E-state index is 0.0176. The molecule has 0 aliphatic carbocycles. The van der Waals surface area contributed by atoms with E-state index in [0.29, 0.717) is 5.56 Å². The molecule has 0 unspecified atom stereocenters. The summed E-state index contributed by atoms with van der Waals surface area (Å²) in [5, 5.41) is 8.96. The smallest absolute Gasteiger partial charge is 0.416 e. The Balaban J connectivity index is 2.10. The highest BCUT2D eigenvalue weighted by Crippen LogP contribution is 2.36. The summed E-state index contributed by atoms with van der Waals surface area (Å²) in [6.45, 7) is -0.549. The first kappa shape index (κ1) is 16.7. The fraction of sp³-hybridized carbons (Fsp3) is 0.188. The van der Waals surface area contributed by atoms with E-state index in [9.17, 15) is 22.8 Å². The van der Waals surface area contributed by atoms with E-state index in [2.05, 4.69) is 4.98 Å². The number of hydrogen-bond acceptors (Lipinski definition) is 3. The molecule has 0 bridgehead atoms. The van der Waals surface area contributed by atoms with Crippen LogP contribution in [0.25, 0.3) is 0 Å². The van der Waals surface area contributed by atoms with Crippen molar-refractivity contribution in [1.29, 1.82) is 0 Å². The highest BCUT2D eigenvalue weighted by molar-refractivity contribution is 6.01. The molecule has 6 nitrogen and oxygen atoms in total. The van der Waals surface area contributed by atoms with Crippen LogP contribution >= 0.6 is 0 Å². The van der Waals surface area contributed by atoms with Gasteiger partial charge < -0.3 is 10.0 Å². The lowest BCUT2D eigenvalue weighted by Gasteiger charge is -2.35. The van der Waals surface area contributed by atoms with Crippen LogP contribution in [-0.4, -0.2) is 33.5 Å². The highest BCUT2D eigenvalue weighted by Gasteiger charge is 2.35. The van der Waals surface area contributed by atoms with E-state index in [1.165, 1.54) is 18.3 Å². The van der Waals surface area contributed by atoms with Gasteiger partial charge in [0.2, 0.25) is 0 Å². The van der Waals surface area contributed by atoms with E-state index < -0.39 is 30.3 Å². The van der Waals surface area contributed by atoms with E-state index in [1.807, 2.05) is 0 Å². The molecule has 9 heteroatoms. The molecule has 0 fully saturated rings. The number of aromatic nitrogens is 1. The van der Waals surface area contributed by atoms with Gasteiger partial charge in [0, 0.05) is 11.8 Å². The molecule has 3 rings (SSSR count). The molecule has 1 aromatic carbocycles. The zero-order valence-electron chi connectivity index (χ0n) is 12.7. The van der Waals surface area contributed by atoms with Crippen molar-refractivity contribution in [1.82, 2.24) is 9.88 Å². The number of anilines is 2. The third-order valence-electron chi connectivity index (χ3n) is 3.66. The summed E-state index contributed by atoms with van der Waals surface area (Å²) in [7, 11) is 0. The second-order valence-corrected chi connectivity index (χ2v) is 5.40. The van der Waals surface area contributed by atoms with Gasteiger partial charge >= 0.3 is 18.2 Å². The van der Waals surface area contributed by atoms with Gasteiger partial charge in [-0.3, -0.25) is 4.79 Å². The summed E-state index contributed by atoms with van der Waals surface area (Å²) in [4.78, 5) is 29.7. The second-order valence-electron chi connectivity index (χ2n) is 5.40. The number of benzene rings is 1.